The number of carbonyl (C=O) groups is 1. The zero-order valence-corrected chi connectivity index (χ0v) is 11.3. The van der Waals surface area contributed by atoms with Crippen LogP contribution in [0.1, 0.15) is 30.1 Å². The van der Waals surface area contributed by atoms with Crippen LogP contribution in [0.5, 0.6) is 11.5 Å². The highest BCUT2D eigenvalue weighted by molar-refractivity contribution is 5.91. The summed E-state index contributed by atoms with van der Waals surface area (Å²) in [5, 5.41) is 9.09. The number of carboxylic acid groups (broad SMARTS) is 1. The number of hydrogen-bond acceptors (Lipinski definition) is 4. The van der Waals surface area contributed by atoms with Crippen molar-refractivity contribution in [3.63, 3.8) is 0 Å². The average Bonchev–Trinajstić information content (AvgIpc) is 2.42. The second-order valence-electron chi connectivity index (χ2n) is 3.98. The summed E-state index contributed by atoms with van der Waals surface area (Å²) in [6.45, 7) is 3.58. The molecule has 0 saturated carbocycles. The number of ether oxygens (including phenoxy) is 3. The average molecular weight is 268 g/mol. The molecule has 5 nitrogen and oxygen atoms in total. The van der Waals surface area contributed by atoms with E-state index in [9.17, 15) is 4.79 Å². The summed E-state index contributed by atoms with van der Waals surface area (Å²) in [5.41, 5.74) is 0.0907. The summed E-state index contributed by atoms with van der Waals surface area (Å²) in [6.07, 6.45) is 2.10. The minimum absolute atomic E-state index is 0.0907. The van der Waals surface area contributed by atoms with E-state index in [2.05, 4.69) is 6.92 Å². The quantitative estimate of drug-likeness (QED) is 0.697. The van der Waals surface area contributed by atoms with Gasteiger partial charge in [-0.15, -0.1) is 0 Å². The van der Waals surface area contributed by atoms with Crippen LogP contribution >= 0.6 is 0 Å². The van der Waals surface area contributed by atoms with E-state index in [-0.39, 0.29) is 5.56 Å². The molecule has 0 saturated heterocycles. The highest BCUT2D eigenvalue weighted by Gasteiger charge is 2.12. The first-order chi connectivity index (χ1) is 9.19. The molecular formula is C14H20O5. The normalized spacial score (nSPS) is 10.2. The molecule has 0 aliphatic carbocycles. The molecule has 0 aliphatic rings. The van der Waals surface area contributed by atoms with Crippen LogP contribution in [-0.4, -0.2) is 38.0 Å². The largest absolute Gasteiger partial charge is 0.497 e. The van der Waals surface area contributed by atoms with Gasteiger partial charge >= 0.3 is 5.97 Å². The first-order valence-corrected chi connectivity index (χ1v) is 6.31. The highest BCUT2D eigenvalue weighted by atomic mass is 16.5. The number of hydrogen-bond donors (Lipinski definition) is 1. The Kier molecular flexibility index (Phi) is 6.74. The van der Waals surface area contributed by atoms with E-state index in [0.717, 1.165) is 12.8 Å². The fourth-order valence-corrected chi connectivity index (χ4v) is 1.49. The summed E-state index contributed by atoms with van der Waals surface area (Å²) in [7, 11) is 1.49. The lowest BCUT2D eigenvalue weighted by molar-refractivity contribution is 0.0684. The van der Waals surface area contributed by atoms with Crippen molar-refractivity contribution >= 4 is 5.97 Å². The summed E-state index contributed by atoms with van der Waals surface area (Å²) < 4.78 is 15.7. The third kappa shape index (κ3) is 5.18. The summed E-state index contributed by atoms with van der Waals surface area (Å²) in [4.78, 5) is 11.1. The molecule has 0 bridgehead atoms. The van der Waals surface area contributed by atoms with Crippen molar-refractivity contribution in [3.8, 4) is 11.5 Å². The van der Waals surface area contributed by atoms with Crippen LogP contribution in [0.2, 0.25) is 0 Å². The van der Waals surface area contributed by atoms with Gasteiger partial charge in [0.25, 0.3) is 0 Å². The maximum absolute atomic E-state index is 11.1. The van der Waals surface area contributed by atoms with Gasteiger partial charge in [0.2, 0.25) is 0 Å². The topological polar surface area (TPSA) is 65.0 Å². The maximum Gasteiger partial charge on any atom is 0.339 e. The van der Waals surface area contributed by atoms with Crippen LogP contribution in [0.15, 0.2) is 18.2 Å². The molecule has 0 radical (unpaired) electrons. The second-order valence-corrected chi connectivity index (χ2v) is 3.98. The van der Waals surface area contributed by atoms with Crippen LogP contribution in [0, 0.1) is 0 Å². The van der Waals surface area contributed by atoms with Crippen molar-refractivity contribution in [2.45, 2.75) is 19.8 Å². The van der Waals surface area contributed by atoms with Crippen LogP contribution in [0.3, 0.4) is 0 Å². The highest BCUT2D eigenvalue weighted by Crippen LogP contribution is 2.24. The molecule has 0 heterocycles. The van der Waals surface area contributed by atoms with Crippen molar-refractivity contribution in [3.05, 3.63) is 23.8 Å². The molecule has 5 heteroatoms. The molecule has 0 spiro atoms. The van der Waals surface area contributed by atoms with E-state index in [1.165, 1.54) is 13.2 Å². The second kappa shape index (κ2) is 8.37. The Labute approximate surface area is 113 Å². The predicted molar refractivity (Wildman–Crippen MR) is 71.2 cm³/mol. The zero-order chi connectivity index (χ0) is 14.1. The van der Waals surface area contributed by atoms with Crippen molar-refractivity contribution in [2.75, 3.05) is 26.9 Å². The Morgan fingerprint density at radius 3 is 2.68 bits per heavy atom. The Morgan fingerprint density at radius 2 is 2.05 bits per heavy atom. The van der Waals surface area contributed by atoms with Crippen LogP contribution in [0.4, 0.5) is 0 Å². The number of methoxy groups -OCH3 is 1. The van der Waals surface area contributed by atoms with Gasteiger partial charge in [-0.25, -0.2) is 4.79 Å². The van der Waals surface area contributed by atoms with Gasteiger partial charge in [-0.1, -0.05) is 13.3 Å². The standard InChI is InChI=1S/C14H20O5/c1-3-4-7-18-8-9-19-13-6-5-11(17-2)10-12(13)14(15)16/h5-6,10H,3-4,7-9H2,1-2H3,(H,15,16). The van der Waals surface area contributed by atoms with Gasteiger partial charge in [-0.3, -0.25) is 0 Å². The monoisotopic (exact) mass is 268 g/mol. The molecule has 0 aromatic heterocycles. The van der Waals surface area contributed by atoms with E-state index in [1.54, 1.807) is 12.1 Å². The van der Waals surface area contributed by atoms with Crippen molar-refractivity contribution < 1.29 is 24.1 Å². The van der Waals surface area contributed by atoms with Crippen LogP contribution in [-0.2, 0) is 4.74 Å². The Balaban J connectivity index is 2.50. The summed E-state index contributed by atoms with van der Waals surface area (Å²) >= 11 is 0. The molecule has 0 unspecified atom stereocenters. The fourth-order valence-electron chi connectivity index (χ4n) is 1.49. The molecule has 1 aromatic carbocycles. The lowest BCUT2D eigenvalue weighted by Gasteiger charge is -2.10. The van der Waals surface area contributed by atoms with E-state index >= 15 is 0 Å². The third-order valence-corrected chi connectivity index (χ3v) is 2.54. The van der Waals surface area contributed by atoms with Gasteiger partial charge in [-0.2, -0.15) is 0 Å². The lowest BCUT2D eigenvalue weighted by Crippen LogP contribution is -2.10. The number of unbranched alkanes of at least 4 members (excludes halogenated alkanes) is 1. The van der Waals surface area contributed by atoms with Gasteiger partial charge in [0.15, 0.2) is 0 Å². The lowest BCUT2D eigenvalue weighted by atomic mass is 10.2. The van der Waals surface area contributed by atoms with E-state index in [4.69, 9.17) is 19.3 Å². The summed E-state index contributed by atoms with van der Waals surface area (Å²) in [6, 6.07) is 4.70. The maximum atomic E-state index is 11.1. The van der Waals surface area contributed by atoms with Crippen LogP contribution in [0.25, 0.3) is 0 Å². The molecular weight excluding hydrogens is 248 g/mol. The van der Waals surface area contributed by atoms with E-state index in [1.807, 2.05) is 0 Å². The first kappa shape index (κ1) is 15.3. The minimum Gasteiger partial charge on any atom is -0.497 e. The molecule has 1 rings (SSSR count). The van der Waals surface area contributed by atoms with Crippen molar-refractivity contribution in [2.24, 2.45) is 0 Å². The van der Waals surface area contributed by atoms with Crippen molar-refractivity contribution in [1.29, 1.82) is 0 Å². The minimum atomic E-state index is -1.04. The molecule has 19 heavy (non-hydrogen) atoms. The number of aromatic carboxylic acids is 1. The molecule has 1 N–H and O–H groups in total. The summed E-state index contributed by atoms with van der Waals surface area (Å²) in [5.74, 6) is -0.225. The van der Waals surface area contributed by atoms with E-state index in [0.29, 0.717) is 31.3 Å². The Morgan fingerprint density at radius 1 is 1.26 bits per heavy atom. The zero-order valence-electron chi connectivity index (χ0n) is 11.3. The molecule has 0 fully saturated rings. The third-order valence-electron chi connectivity index (χ3n) is 2.54. The molecule has 106 valence electrons. The molecule has 0 amide bonds. The smallest absolute Gasteiger partial charge is 0.339 e. The predicted octanol–water partition coefficient (Wildman–Crippen LogP) is 2.59. The Hall–Kier alpha value is -1.75. The fraction of sp³-hybridized carbons (Fsp3) is 0.500. The Bertz CT molecular complexity index is 403. The van der Waals surface area contributed by atoms with Crippen LogP contribution < -0.4 is 9.47 Å². The first-order valence-electron chi connectivity index (χ1n) is 6.31. The van der Waals surface area contributed by atoms with Gasteiger partial charge in [0.1, 0.15) is 23.7 Å². The molecule has 1 aromatic rings. The molecule has 0 atom stereocenters. The van der Waals surface area contributed by atoms with Gasteiger partial charge in [-0.05, 0) is 24.6 Å². The van der Waals surface area contributed by atoms with Gasteiger partial charge in [0.05, 0.1) is 13.7 Å². The van der Waals surface area contributed by atoms with Gasteiger partial charge < -0.3 is 19.3 Å². The number of rotatable bonds is 9. The SMILES string of the molecule is CCCCOCCOc1ccc(OC)cc1C(=O)O. The van der Waals surface area contributed by atoms with Crippen molar-refractivity contribution in [1.82, 2.24) is 0 Å². The molecule has 0 aliphatic heterocycles. The number of benzene rings is 1. The number of carboxylic acids is 1. The van der Waals surface area contributed by atoms with E-state index < -0.39 is 5.97 Å². The van der Waals surface area contributed by atoms with Gasteiger partial charge in [0, 0.05) is 6.61 Å².